The van der Waals surface area contributed by atoms with Crippen molar-refractivity contribution >= 4 is 0 Å². The van der Waals surface area contributed by atoms with Crippen molar-refractivity contribution in [3.63, 3.8) is 0 Å². The number of aliphatic hydroxyl groups is 2. The van der Waals surface area contributed by atoms with Crippen LogP contribution in [0.25, 0.3) is 0 Å². The Hall–Kier alpha value is -1.10. The van der Waals surface area contributed by atoms with Crippen molar-refractivity contribution < 1.29 is 15.3 Å². The molecule has 4 nitrogen and oxygen atoms in total. The van der Waals surface area contributed by atoms with Gasteiger partial charge in [0.05, 0.1) is 6.10 Å². The van der Waals surface area contributed by atoms with E-state index in [-0.39, 0.29) is 23.1 Å². The fraction of sp³-hybridized carbons (Fsp3) is 0.647. The minimum atomic E-state index is -1.06. The van der Waals surface area contributed by atoms with Gasteiger partial charge in [0, 0.05) is 6.54 Å². The van der Waals surface area contributed by atoms with Gasteiger partial charge in [0.1, 0.15) is 11.9 Å². The summed E-state index contributed by atoms with van der Waals surface area (Å²) < 4.78 is 0. The second-order valence-corrected chi connectivity index (χ2v) is 7.71. The van der Waals surface area contributed by atoms with Crippen LogP contribution in [0.1, 0.15) is 64.3 Å². The quantitative estimate of drug-likeness (QED) is 0.689. The Balaban J connectivity index is 3.55. The molecule has 0 aliphatic heterocycles. The first-order chi connectivity index (χ1) is 9.39. The summed E-state index contributed by atoms with van der Waals surface area (Å²) in [5.41, 5.74) is 6.99. The molecule has 0 fully saturated rings. The van der Waals surface area contributed by atoms with Gasteiger partial charge in [-0.1, -0.05) is 41.5 Å². The number of phenolic OH excluding ortho intramolecular Hbond substituents is 1. The molecule has 1 aromatic carbocycles. The van der Waals surface area contributed by atoms with E-state index in [1.807, 2.05) is 41.5 Å². The third kappa shape index (κ3) is 3.96. The van der Waals surface area contributed by atoms with Crippen LogP contribution < -0.4 is 5.73 Å². The Labute approximate surface area is 127 Å². The van der Waals surface area contributed by atoms with Crippen molar-refractivity contribution in [2.75, 3.05) is 6.54 Å². The van der Waals surface area contributed by atoms with E-state index in [2.05, 4.69) is 0 Å². The average Bonchev–Trinajstić information content (AvgIpc) is 2.34. The number of hydrogen-bond acceptors (Lipinski definition) is 4. The molecule has 0 saturated carbocycles. The van der Waals surface area contributed by atoms with E-state index >= 15 is 0 Å². The first-order valence-electron chi connectivity index (χ1n) is 7.33. The maximum Gasteiger partial charge on any atom is 0.123 e. The number of phenols is 1. The van der Waals surface area contributed by atoms with E-state index in [1.54, 1.807) is 12.1 Å². The van der Waals surface area contributed by atoms with Crippen molar-refractivity contribution in [2.24, 2.45) is 5.73 Å². The Morgan fingerprint density at radius 1 is 0.952 bits per heavy atom. The molecule has 5 N–H and O–H groups in total. The molecule has 0 saturated heterocycles. The highest BCUT2D eigenvalue weighted by Crippen LogP contribution is 2.41. The lowest BCUT2D eigenvalue weighted by Crippen LogP contribution is -2.28. The van der Waals surface area contributed by atoms with Crippen LogP contribution in [-0.2, 0) is 10.8 Å². The van der Waals surface area contributed by atoms with Crippen LogP contribution in [0.3, 0.4) is 0 Å². The van der Waals surface area contributed by atoms with Gasteiger partial charge in [-0.15, -0.1) is 0 Å². The Kier molecular flexibility index (Phi) is 5.09. The highest BCUT2D eigenvalue weighted by molar-refractivity contribution is 5.50. The van der Waals surface area contributed by atoms with E-state index in [0.717, 1.165) is 11.1 Å². The Morgan fingerprint density at radius 3 is 1.62 bits per heavy atom. The molecule has 2 atom stereocenters. The number of aromatic hydroxyl groups is 1. The standard InChI is InChI=1S/C17H29NO3/c1-16(2,3)11-7-10(14(20)13(19)9-18)8-12(15(11)21)17(4,5)6/h7-8,13-14,19-21H,9,18H2,1-6H3. The van der Waals surface area contributed by atoms with Crippen LogP contribution in [0, 0.1) is 0 Å². The normalized spacial score (nSPS) is 15.9. The minimum Gasteiger partial charge on any atom is -0.507 e. The molecule has 1 rings (SSSR count). The second kappa shape index (κ2) is 5.95. The predicted octanol–water partition coefficient (Wildman–Crippen LogP) is 2.34. The van der Waals surface area contributed by atoms with Gasteiger partial charge >= 0.3 is 0 Å². The van der Waals surface area contributed by atoms with Crippen molar-refractivity contribution in [1.29, 1.82) is 0 Å². The lowest BCUT2D eigenvalue weighted by molar-refractivity contribution is 0.0241. The predicted molar refractivity (Wildman–Crippen MR) is 85.5 cm³/mol. The number of hydrogen-bond donors (Lipinski definition) is 4. The van der Waals surface area contributed by atoms with Crippen LogP contribution >= 0.6 is 0 Å². The molecule has 1 aromatic rings. The summed E-state index contributed by atoms with van der Waals surface area (Å²) in [6, 6.07) is 3.52. The van der Waals surface area contributed by atoms with E-state index in [4.69, 9.17) is 5.73 Å². The maximum absolute atomic E-state index is 10.6. The van der Waals surface area contributed by atoms with Gasteiger partial charge in [-0.3, -0.25) is 0 Å². The molecule has 21 heavy (non-hydrogen) atoms. The molecule has 0 aliphatic rings. The number of nitrogens with two attached hydrogens (primary N) is 1. The smallest absolute Gasteiger partial charge is 0.123 e. The van der Waals surface area contributed by atoms with E-state index < -0.39 is 12.2 Å². The molecule has 0 aliphatic carbocycles. The van der Waals surface area contributed by atoms with Gasteiger partial charge in [0.15, 0.2) is 0 Å². The molecule has 0 heterocycles. The van der Waals surface area contributed by atoms with Gasteiger partial charge in [-0.25, -0.2) is 0 Å². The molecule has 2 unspecified atom stereocenters. The van der Waals surface area contributed by atoms with Gasteiger partial charge < -0.3 is 21.1 Å². The van der Waals surface area contributed by atoms with Crippen molar-refractivity contribution in [1.82, 2.24) is 0 Å². The molecule has 0 radical (unpaired) electrons. The largest absolute Gasteiger partial charge is 0.507 e. The molecule has 0 spiro atoms. The zero-order valence-corrected chi connectivity index (χ0v) is 13.9. The Morgan fingerprint density at radius 2 is 1.33 bits per heavy atom. The monoisotopic (exact) mass is 295 g/mol. The SMILES string of the molecule is CC(C)(C)c1cc(C(O)C(O)CN)cc(C(C)(C)C)c1O. The summed E-state index contributed by atoms with van der Waals surface area (Å²) in [6.45, 7) is 12.0. The zero-order valence-electron chi connectivity index (χ0n) is 13.9. The summed E-state index contributed by atoms with van der Waals surface area (Å²) in [6.07, 6.45) is -2.08. The topological polar surface area (TPSA) is 86.7 Å². The highest BCUT2D eigenvalue weighted by Gasteiger charge is 2.29. The lowest BCUT2D eigenvalue weighted by Gasteiger charge is -2.29. The second-order valence-electron chi connectivity index (χ2n) is 7.71. The fourth-order valence-electron chi connectivity index (χ4n) is 2.32. The number of benzene rings is 1. The van der Waals surface area contributed by atoms with Crippen LogP contribution in [-0.4, -0.2) is 28.0 Å². The molecule has 0 bridgehead atoms. The van der Waals surface area contributed by atoms with Gasteiger partial charge in [-0.05, 0) is 39.7 Å². The molecule has 4 heteroatoms. The van der Waals surface area contributed by atoms with E-state index in [9.17, 15) is 15.3 Å². The maximum atomic E-state index is 10.6. The molecular weight excluding hydrogens is 266 g/mol. The van der Waals surface area contributed by atoms with Gasteiger partial charge in [0.25, 0.3) is 0 Å². The van der Waals surface area contributed by atoms with Crippen molar-refractivity contribution in [3.8, 4) is 5.75 Å². The molecule has 120 valence electrons. The Bertz CT molecular complexity index is 463. The van der Waals surface area contributed by atoms with E-state index in [0.29, 0.717) is 5.56 Å². The first-order valence-corrected chi connectivity index (χ1v) is 7.33. The molecular formula is C17H29NO3. The third-order valence-corrected chi connectivity index (χ3v) is 3.70. The van der Waals surface area contributed by atoms with Gasteiger partial charge in [-0.2, -0.15) is 0 Å². The summed E-state index contributed by atoms with van der Waals surface area (Å²) >= 11 is 0. The summed E-state index contributed by atoms with van der Waals surface area (Å²) in [4.78, 5) is 0. The van der Waals surface area contributed by atoms with Crippen LogP contribution in [0.4, 0.5) is 0 Å². The fourth-order valence-corrected chi connectivity index (χ4v) is 2.32. The first kappa shape index (κ1) is 18.0. The summed E-state index contributed by atoms with van der Waals surface area (Å²) in [5, 5.41) is 30.6. The molecule has 0 amide bonds. The average molecular weight is 295 g/mol. The zero-order chi connectivity index (χ0) is 16.6. The number of rotatable bonds is 3. The van der Waals surface area contributed by atoms with Crippen molar-refractivity contribution in [2.45, 2.75) is 64.6 Å². The van der Waals surface area contributed by atoms with Crippen LogP contribution in [0.5, 0.6) is 5.75 Å². The van der Waals surface area contributed by atoms with Crippen molar-refractivity contribution in [3.05, 3.63) is 28.8 Å². The molecule has 0 aromatic heterocycles. The lowest BCUT2D eigenvalue weighted by atomic mass is 9.77. The van der Waals surface area contributed by atoms with Crippen LogP contribution in [0.15, 0.2) is 12.1 Å². The van der Waals surface area contributed by atoms with Crippen LogP contribution in [0.2, 0.25) is 0 Å². The number of aliphatic hydroxyl groups excluding tert-OH is 2. The highest BCUT2D eigenvalue weighted by atomic mass is 16.3. The minimum absolute atomic E-state index is 0.0161. The van der Waals surface area contributed by atoms with Gasteiger partial charge in [0.2, 0.25) is 0 Å². The third-order valence-electron chi connectivity index (χ3n) is 3.70. The van der Waals surface area contributed by atoms with E-state index in [1.165, 1.54) is 0 Å². The summed E-state index contributed by atoms with van der Waals surface area (Å²) in [5.74, 6) is 0.258. The summed E-state index contributed by atoms with van der Waals surface area (Å²) in [7, 11) is 0.